The molecule has 1 amide bonds. The molecule has 1 aromatic heterocycles. The second-order valence-corrected chi connectivity index (χ2v) is 7.41. The molecule has 0 unspecified atom stereocenters. The van der Waals surface area contributed by atoms with Crippen LogP contribution in [0.1, 0.15) is 11.1 Å². The van der Waals surface area contributed by atoms with E-state index in [2.05, 4.69) is 32.1 Å². The number of rotatable bonds is 6. The van der Waals surface area contributed by atoms with E-state index in [1.165, 1.54) is 0 Å². The molecule has 7 heteroatoms. The summed E-state index contributed by atoms with van der Waals surface area (Å²) in [7, 11) is 0. The van der Waals surface area contributed by atoms with Gasteiger partial charge in [0.25, 0.3) is 5.91 Å². The van der Waals surface area contributed by atoms with Crippen LogP contribution in [0.4, 0.5) is 0 Å². The van der Waals surface area contributed by atoms with Gasteiger partial charge in [-0.05, 0) is 17.7 Å². The molecule has 1 N–H and O–H groups in total. The largest absolute Gasteiger partial charge is 0.379 e. The molecular formula is C22H23ClN4O2. The SMILES string of the molecule is O=C(CN1CCOCC1)N/N=C/c1cn(Cc2ccccc2Cl)c2ccccc12. The molecule has 1 aliphatic heterocycles. The molecule has 29 heavy (non-hydrogen) atoms. The van der Waals surface area contributed by atoms with Crippen LogP contribution in [0.2, 0.25) is 5.02 Å². The molecule has 1 saturated heterocycles. The van der Waals surface area contributed by atoms with Crippen molar-refractivity contribution in [2.75, 3.05) is 32.8 Å². The number of carbonyl (C=O) groups excluding carboxylic acids is 1. The first kappa shape index (κ1) is 19.6. The number of fused-ring (bicyclic) bond motifs is 1. The number of hydrogen-bond acceptors (Lipinski definition) is 4. The maximum absolute atomic E-state index is 12.1. The van der Waals surface area contributed by atoms with E-state index in [1.807, 2.05) is 42.6 Å². The summed E-state index contributed by atoms with van der Waals surface area (Å²) in [4.78, 5) is 14.2. The van der Waals surface area contributed by atoms with Crippen LogP contribution in [-0.2, 0) is 16.1 Å². The zero-order chi connectivity index (χ0) is 20.1. The fourth-order valence-electron chi connectivity index (χ4n) is 3.49. The zero-order valence-corrected chi connectivity index (χ0v) is 16.8. The average Bonchev–Trinajstić information content (AvgIpc) is 3.08. The Kier molecular flexibility index (Phi) is 6.24. The number of benzene rings is 2. The van der Waals surface area contributed by atoms with E-state index < -0.39 is 0 Å². The summed E-state index contributed by atoms with van der Waals surface area (Å²) in [5.41, 5.74) is 5.72. The minimum absolute atomic E-state index is 0.122. The summed E-state index contributed by atoms with van der Waals surface area (Å²) < 4.78 is 7.45. The predicted molar refractivity (Wildman–Crippen MR) is 115 cm³/mol. The molecule has 2 heterocycles. The molecular weight excluding hydrogens is 388 g/mol. The number of para-hydroxylation sites is 1. The Morgan fingerprint density at radius 3 is 2.72 bits per heavy atom. The summed E-state index contributed by atoms with van der Waals surface area (Å²) in [6, 6.07) is 16.0. The molecule has 3 aromatic rings. The summed E-state index contributed by atoms with van der Waals surface area (Å²) in [5.74, 6) is -0.122. The smallest absolute Gasteiger partial charge is 0.254 e. The molecule has 0 aliphatic carbocycles. The van der Waals surface area contributed by atoms with E-state index in [-0.39, 0.29) is 5.91 Å². The van der Waals surface area contributed by atoms with Gasteiger partial charge in [-0.1, -0.05) is 48.0 Å². The van der Waals surface area contributed by atoms with Crippen molar-refractivity contribution in [1.29, 1.82) is 0 Å². The lowest BCUT2D eigenvalue weighted by molar-refractivity contribution is -0.123. The van der Waals surface area contributed by atoms with Crippen LogP contribution in [0.3, 0.4) is 0 Å². The van der Waals surface area contributed by atoms with Crippen molar-refractivity contribution in [2.45, 2.75) is 6.54 Å². The van der Waals surface area contributed by atoms with E-state index in [0.29, 0.717) is 26.3 Å². The lowest BCUT2D eigenvalue weighted by Gasteiger charge is -2.25. The average molecular weight is 411 g/mol. The van der Waals surface area contributed by atoms with E-state index >= 15 is 0 Å². The Balaban J connectivity index is 1.48. The molecule has 2 aromatic carbocycles. The monoisotopic (exact) mass is 410 g/mol. The number of nitrogens with one attached hydrogen (secondary N) is 1. The molecule has 1 aliphatic rings. The highest BCUT2D eigenvalue weighted by Gasteiger charge is 2.13. The van der Waals surface area contributed by atoms with E-state index in [9.17, 15) is 4.79 Å². The third kappa shape index (κ3) is 4.85. The molecule has 4 rings (SSSR count). The molecule has 1 fully saturated rings. The van der Waals surface area contributed by atoms with Gasteiger partial charge in [-0.3, -0.25) is 9.69 Å². The Morgan fingerprint density at radius 2 is 1.90 bits per heavy atom. The fourth-order valence-corrected chi connectivity index (χ4v) is 3.69. The molecule has 0 atom stereocenters. The van der Waals surface area contributed by atoms with Gasteiger partial charge in [-0.2, -0.15) is 5.10 Å². The van der Waals surface area contributed by atoms with Crippen LogP contribution in [-0.4, -0.2) is 54.4 Å². The van der Waals surface area contributed by atoms with Gasteiger partial charge in [-0.15, -0.1) is 0 Å². The number of aromatic nitrogens is 1. The maximum Gasteiger partial charge on any atom is 0.254 e. The first-order chi connectivity index (χ1) is 14.2. The van der Waals surface area contributed by atoms with Gasteiger partial charge < -0.3 is 9.30 Å². The number of halogens is 1. The fraction of sp³-hybridized carbons (Fsp3) is 0.273. The third-order valence-electron chi connectivity index (χ3n) is 4.98. The van der Waals surface area contributed by atoms with E-state index in [0.717, 1.165) is 40.1 Å². The number of hydrogen-bond donors (Lipinski definition) is 1. The third-order valence-corrected chi connectivity index (χ3v) is 5.35. The highest BCUT2D eigenvalue weighted by atomic mass is 35.5. The molecule has 0 spiro atoms. The van der Waals surface area contributed by atoms with Gasteiger partial charge >= 0.3 is 0 Å². The number of morpholine rings is 1. The summed E-state index contributed by atoms with van der Waals surface area (Å²) >= 11 is 6.33. The Bertz CT molecular complexity index is 1020. The first-order valence-electron chi connectivity index (χ1n) is 9.64. The van der Waals surface area contributed by atoms with Crippen molar-refractivity contribution >= 4 is 34.6 Å². The van der Waals surface area contributed by atoms with Crippen LogP contribution in [0.25, 0.3) is 10.9 Å². The predicted octanol–water partition coefficient (Wildman–Crippen LogP) is 3.13. The van der Waals surface area contributed by atoms with Crippen molar-refractivity contribution < 1.29 is 9.53 Å². The van der Waals surface area contributed by atoms with Gasteiger partial charge in [0.1, 0.15) is 0 Å². The minimum atomic E-state index is -0.122. The lowest BCUT2D eigenvalue weighted by Crippen LogP contribution is -2.42. The minimum Gasteiger partial charge on any atom is -0.379 e. The molecule has 6 nitrogen and oxygen atoms in total. The first-order valence-corrected chi connectivity index (χ1v) is 10.0. The Labute approximate surface area is 174 Å². The van der Waals surface area contributed by atoms with Gasteiger partial charge in [0.15, 0.2) is 0 Å². The maximum atomic E-state index is 12.1. The number of nitrogens with zero attached hydrogens (tertiary/aromatic N) is 3. The van der Waals surface area contributed by atoms with Crippen LogP contribution in [0.5, 0.6) is 0 Å². The van der Waals surface area contributed by atoms with Crippen LogP contribution < -0.4 is 5.43 Å². The van der Waals surface area contributed by atoms with Crippen molar-refractivity contribution in [3.8, 4) is 0 Å². The van der Waals surface area contributed by atoms with Crippen molar-refractivity contribution in [3.63, 3.8) is 0 Å². The molecule has 0 saturated carbocycles. The lowest BCUT2D eigenvalue weighted by atomic mass is 10.2. The zero-order valence-electron chi connectivity index (χ0n) is 16.1. The second-order valence-electron chi connectivity index (χ2n) is 7.00. The summed E-state index contributed by atoms with van der Waals surface area (Å²) in [5, 5.41) is 5.99. The van der Waals surface area contributed by atoms with E-state index in [1.54, 1.807) is 6.21 Å². The number of hydrazone groups is 1. The number of carbonyl (C=O) groups is 1. The van der Waals surface area contributed by atoms with Crippen molar-refractivity contribution in [2.24, 2.45) is 5.10 Å². The van der Waals surface area contributed by atoms with Gasteiger partial charge in [0.05, 0.1) is 26.0 Å². The summed E-state index contributed by atoms with van der Waals surface area (Å²) in [6.45, 7) is 3.87. The highest BCUT2D eigenvalue weighted by molar-refractivity contribution is 6.31. The molecule has 0 radical (unpaired) electrons. The normalized spacial score (nSPS) is 15.2. The standard InChI is InChI=1S/C22H23ClN4O2/c23-20-7-3-1-5-17(20)14-27-15-18(19-6-2-4-8-21(19)27)13-24-25-22(28)16-26-9-11-29-12-10-26/h1-8,13,15H,9-12,14,16H2,(H,25,28)/b24-13+. The van der Waals surface area contributed by atoms with Gasteiger partial charge in [0, 0.05) is 47.3 Å². The van der Waals surface area contributed by atoms with Crippen molar-refractivity contribution in [1.82, 2.24) is 14.9 Å². The Hall–Kier alpha value is -2.67. The molecule has 150 valence electrons. The van der Waals surface area contributed by atoms with Crippen LogP contribution in [0.15, 0.2) is 59.8 Å². The topological polar surface area (TPSA) is 58.9 Å². The van der Waals surface area contributed by atoms with E-state index in [4.69, 9.17) is 16.3 Å². The van der Waals surface area contributed by atoms with Gasteiger partial charge in [-0.25, -0.2) is 5.43 Å². The quantitative estimate of drug-likeness (QED) is 0.501. The summed E-state index contributed by atoms with van der Waals surface area (Å²) in [6.07, 6.45) is 3.73. The van der Waals surface area contributed by atoms with Gasteiger partial charge in [0.2, 0.25) is 0 Å². The molecule has 0 bridgehead atoms. The number of amides is 1. The van der Waals surface area contributed by atoms with Crippen LogP contribution >= 0.6 is 11.6 Å². The van der Waals surface area contributed by atoms with Crippen molar-refractivity contribution in [3.05, 3.63) is 70.9 Å². The Morgan fingerprint density at radius 1 is 1.14 bits per heavy atom. The van der Waals surface area contributed by atoms with Crippen LogP contribution in [0, 0.1) is 0 Å². The number of ether oxygens (including phenoxy) is 1. The second kappa shape index (κ2) is 9.22. The highest BCUT2D eigenvalue weighted by Crippen LogP contribution is 2.23.